The largest absolute Gasteiger partial charge is 0.438 e. The van der Waals surface area contributed by atoms with Crippen molar-refractivity contribution in [2.45, 2.75) is 46.1 Å². The zero-order valence-corrected chi connectivity index (χ0v) is 19.2. The molecule has 0 amide bonds. The van der Waals surface area contributed by atoms with E-state index in [1.165, 1.54) is 16.7 Å². The highest BCUT2D eigenvalue weighted by atomic mass is 16.4. The van der Waals surface area contributed by atoms with E-state index in [9.17, 15) is 5.11 Å². The predicted molar refractivity (Wildman–Crippen MR) is 130 cm³/mol. The highest BCUT2D eigenvalue weighted by Gasteiger charge is 2.21. The van der Waals surface area contributed by atoms with Gasteiger partial charge < -0.3 is 9.76 Å². The second-order valence-corrected chi connectivity index (χ2v) is 8.39. The van der Waals surface area contributed by atoms with Crippen LogP contribution in [0.2, 0.25) is 0 Å². The summed E-state index contributed by atoms with van der Waals surface area (Å²) in [5, 5.41) is 19.8. The molecule has 3 aromatic carbocycles. The molecule has 1 heterocycles. The monoisotopic (exact) mass is 427 g/mol. The van der Waals surface area contributed by atoms with Crippen LogP contribution in [0.25, 0.3) is 11.0 Å². The van der Waals surface area contributed by atoms with Gasteiger partial charge in [0, 0.05) is 13.7 Å². The summed E-state index contributed by atoms with van der Waals surface area (Å²) in [5.41, 5.74) is 8.21. The van der Waals surface area contributed by atoms with Crippen LogP contribution in [0.1, 0.15) is 46.4 Å². The van der Waals surface area contributed by atoms with Gasteiger partial charge in [0.2, 0.25) is 0 Å². The SMILES string of the molecule is CCn1nnc2c(C)c(C(O)c3ccc(C)c(CB(Cc4ccccc4)OC)c3)ccc21. The van der Waals surface area contributed by atoms with Gasteiger partial charge in [-0.2, -0.15) is 0 Å². The summed E-state index contributed by atoms with van der Waals surface area (Å²) >= 11 is 0. The third-order valence-electron chi connectivity index (χ3n) is 6.35. The molecule has 0 aliphatic carbocycles. The molecule has 0 bridgehead atoms. The van der Waals surface area contributed by atoms with E-state index in [0.29, 0.717) is 0 Å². The standard InChI is InChI=1S/C26H30BN3O2/c1-5-30-24-14-13-23(19(3)25(24)28-29-30)26(31)21-12-11-18(2)22(15-21)17-27(32-4)16-20-9-7-6-8-10-20/h6-15,26,31H,5,16-17H2,1-4H3. The van der Waals surface area contributed by atoms with E-state index in [2.05, 4.69) is 53.6 Å². The van der Waals surface area contributed by atoms with Crippen LogP contribution < -0.4 is 0 Å². The lowest BCUT2D eigenvalue weighted by molar-refractivity contribution is 0.219. The lowest BCUT2D eigenvalue weighted by Crippen LogP contribution is -2.24. The second kappa shape index (κ2) is 9.68. The molecule has 4 aromatic rings. The molecule has 0 aliphatic heterocycles. The Hall–Kier alpha value is -2.96. The number of rotatable bonds is 8. The number of fused-ring (bicyclic) bond motifs is 1. The summed E-state index contributed by atoms with van der Waals surface area (Å²) in [6.45, 7) is 7.01. The van der Waals surface area contributed by atoms with E-state index in [1.807, 2.05) is 42.8 Å². The van der Waals surface area contributed by atoms with Crippen LogP contribution in [0.5, 0.6) is 0 Å². The fourth-order valence-electron chi connectivity index (χ4n) is 4.33. The number of hydrogen-bond donors (Lipinski definition) is 1. The summed E-state index contributed by atoms with van der Waals surface area (Å²) in [5.74, 6) is 0. The lowest BCUT2D eigenvalue weighted by atomic mass is 9.57. The fourth-order valence-corrected chi connectivity index (χ4v) is 4.33. The molecule has 5 nitrogen and oxygen atoms in total. The van der Waals surface area contributed by atoms with E-state index < -0.39 is 6.10 Å². The van der Waals surface area contributed by atoms with Gasteiger partial charge in [0.05, 0.1) is 5.52 Å². The number of aromatic nitrogens is 3. The maximum atomic E-state index is 11.3. The molecule has 1 atom stereocenters. The number of aliphatic hydroxyl groups is 1. The fraction of sp³-hybridized carbons (Fsp3) is 0.308. The van der Waals surface area contributed by atoms with Gasteiger partial charge in [-0.3, -0.25) is 0 Å². The molecule has 0 fully saturated rings. The molecule has 1 aromatic heterocycles. The van der Waals surface area contributed by atoms with Crippen molar-refractivity contribution >= 4 is 17.9 Å². The molecule has 0 saturated heterocycles. The Balaban J connectivity index is 1.60. The maximum absolute atomic E-state index is 11.3. The molecule has 6 heteroatoms. The third kappa shape index (κ3) is 4.47. The average molecular weight is 427 g/mol. The Labute approximate surface area is 190 Å². The van der Waals surface area contributed by atoms with Gasteiger partial charge in [-0.1, -0.05) is 65.4 Å². The lowest BCUT2D eigenvalue weighted by Gasteiger charge is -2.18. The van der Waals surface area contributed by atoms with Crippen LogP contribution in [-0.4, -0.2) is 34.1 Å². The van der Waals surface area contributed by atoms with Crippen LogP contribution in [0, 0.1) is 13.8 Å². The van der Waals surface area contributed by atoms with E-state index in [1.54, 1.807) is 7.11 Å². The summed E-state index contributed by atoms with van der Waals surface area (Å²) in [7, 11) is 1.77. The summed E-state index contributed by atoms with van der Waals surface area (Å²) in [4.78, 5) is 0. The van der Waals surface area contributed by atoms with Crippen molar-refractivity contribution in [3.63, 3.8) is 0 Å². The Morgan fingerprint density at radius 3 is 2.53 bits per heavy atom. The molecule has 0 spiro atoms. The van der Waals surface area contributed by atoms with Crippen molar-refractivity contribution in [3.05, 3.63) is 94.0 Å². The van der Waals surface area contributed by atoms with Gasteiger partial charge >= 0.3 is 6.92 Å². The molecule has 4 rings (SSSR count). The number of nitrogens with zero attached hydrogens (tertiary/aromatic N) is 3. The number of aliphatic hydroxyl groups excluding tert-OH is 1. The van der Waals surface area contributed by atoms with Gasteiger partial charge in [0.15, 0.2) is 0 Å². The molecular formula is C26H30BN3O2. The Morgan fingerprint density at radius 1 is 1.03 bits per heavy atom. The molecule has 32 heavy (non-hydrogen) atoms. The molecular weight excluding hydrogens is 397 g/mol. The van der Waals surface area contributed by atoms with Crippen LogP contribution in [0.4, 0.5) is 0 Å². The minimum atomic E-state index is -0.722. The van der Waals surface area contributed by atoms with Crippen molar-refractivity contribution in [1.82, 2.24) is 15.0 Å². The van der Waals surface area contributed by atoms with E-state index in [4.69, 9.17) is 4.65 Å². The quantitative estimate of drug-likeness (QED) is 0.416. The maximum Gasteiger partial charge on any atom is 0.301 e. The topological polar surface area (TPSA) is 60.2 Å². The molecule has 1 unspecified atom stereocenters. The van der Waals surface area contributed by atoms with Gasteiger partial charge in [0.25, 0.3) is 0 Å². The minimum absolute atomic E-state index is 0.0747. The first-order valence-corrected chi connectivity index (χ1v) is 11.2. The van der Waals surface area contributed by atoms with Crippen molar-refractivity contribution < 1.29 is 9.76 Å². The Morgan fingerprint density at radius 2 is 1.81 bits per heavy atom. The second-order valence-electron chi connectivity index (χ2n) is 8.39. The van der Waals surface area contributed by atoms with Crippen molar-refractivity contribution in [3.8, 4) is 0 Å². The van der Waals surface area contributed by atoms with Crippen LogP contribution in [0.3, 0.4) is 0 Å². The Kier molecular flexibility index (Phi) is 6.73. The zero-order chi connectivity index (χ0) is 22.7. The molecule has 0 radical (unpaired) electrons. The van der Waals surface area contributed by atoms with Crippen LogP contribution in [0.15, 0.2) is 60.7 Å². The van der Waals surface area contributed by atoms with E-state index >= 15 is 0 Å². The van der Waals surface area contributed by atoms with E-state index in [-0.39, 0.29) is 6.92 Å². The number of hydrogen-bond acceptors (Lipinski definition) is 4. The first-order chi connectivity index (χ1) is 15.5. The van der Waals surface area contributed by atoms with Crippen molar-refractivity contribution in [2.75, 3.05) is 7.11 Å². The molecule has 1 N–H and O–H groups in total. The van der Waals surface area contributed by atoms with Crippen LogP contribution >= 0.6 is 0 Å². The van der Waals surface area contributed by atoms with Crippen molar-refractivity contribution in [1.29, 1.82) is 0 Å². The smallest absolute Gasteiger partial charge is 0.301 e. The van der Waals surface area contributed by atoms with Gasteiger partial charge in [-0.25, -0.2) is 4.68 Å². The van der Waals surface area contributed by atoms with Gasteiger partial charge in [-0.05, 0) is 67.3 Å². The first kappa shape index (κ1) is 22.2. The van der Waals surface area contributed by atoms with Crippen LogP contribution in [-0.2, 0) is 23.8 Å². The average Bonchev–Trinajstić information content (AvgIpc) is 3.24. The molecule has 0 aliphatic rings. The summed E-state index contributed by atoms with van der Waals surface area (Å²) in [6.07, 6.45) is 0.924. The highest BCUT2D eigenvalue weighted by molar-refractivity contribution is 6.50. The molecule has 0 saturated carbocycles. The summed E-state index contributed by atoms with van der Waals surface area (Å²) < 4.78 is 7.67. The predicted octanol–water partition coefficient (Wildman–Crippen LogP) is 4.65. The van der Waals surface area contributed by atoms with Gasteiger partial charge in [-0.15, -0.1) is 5.10 Å². The first-order valence-electron chi connectivity index (χ1n) is 11.2. The number of benzene rings is 3. The Bertz CT molecular complexity index is 1210. The zero-order valence-electron chi connectivity index (χ0n) is 19.2. The number of aryl methyl sites for hydroxylation is 3. The molecule has 164 valence electrons. The summed E-state index contributed by atoms with van der Waals surface area (Å²) in [6, 6.07) is 20.6. The third-order valence-corrected chi connectivity index (χ3v) is 6.35. The minimum Gasteiger partial charge on any atom is -0.438 e. The van der Waals surface area contributed by atoms with E-state index in [0.717, 1.165) is 46.9 Å². The normalized spacial score (nSPS) is 12.3. The highest BCUT2D eigenvalue weighted by Crippen LogP contribution is 2.30. The van der Waals surface area contributed by atoms with Gasteiger partial charge in [0.1, 0.15) is 11.6 Å². The van der Waals surface area contributed by atoms with Crippen molar-refractivity contribution in [2.24, 2.45) is 0 Å².